The molecule has 2 aliphatic rings. The largest absolute Gasteiger partial charge is 0.366 e. The van der Waals surface area contributed by atoms with Crippen molar-refractivity contribution in [1.29, 1.82) is 0 Å². The zero-order chi connectivity index (χ0) is 13.5. The summed E-state index contributed by atoms with van der Waals surface area (Å²) >= 11 is 0. The molecular weight excluding hydrogens is 264 g/mol. The van der Waals surface area contributed by atoms with Gasteiger partial charge >= 0.3 is 0 Å². The molecule has 1 spiro atoms. The maximum absolute atomic E-state index is 11.2. The molecule has 0 bridgehead atoms. The topological polar surface area (TPSA) is 52.6 Å². The first-order valence-electron chi connectivity index (χ1n) is 6.59. The normalized spacial score (nSPS) is 30.5. The smallest absolute Gasteiger partial charge is 0.264 e. The molecule has 4 nitrogen and oxygen atoms in total. The van der Waals surface area contributed by atoms with Crippen LogP contribution in [0.25, 0.3) is 0 Å². The zero-order valence-electron chi connectivity index (χ0n) is 11.0. The molecule has 1 aromatic rings. The molecule has 1 fully saturated rings. The Bertz CT molecular complexity index is 571. The first kappa shape index (κ1) is 13.1. The van der Waals surface area contributed by atoms with E-state index in [1.54, 1.807) is 0 Å². The van der Waals surface area contributed by atoms with Gasteiger partial charge in [0.25, 0.3) is 10.1 Å². The van der Waals surface area contributed by atoms with Crippen molar-refractivity contribution in [2.24, 2.45) is 0 Å². The molecule has 104 valence electrons. The second-order valence-corrected chi connectivity index (χ2v) is 7.04. The fourth-order valence-electron chi connectivity index (χ4n) is 3.20. The lowest BCUT2D eigenvalue weighted by Crippen LogP contribution is -2.34. The van der Waals surface area contributed by atoms with Crippen molar-refractivity contribution in [3.63, 3.8) is 0 Å². The molecule has 1 heterocycles. The quantitative estimate of drug-likeness (QED) is 0.781. The van der Waals surface area contributed by atoms with Crippen molar-refractivity contribution in [3.8, 4) is 0 Å². The SMILES string of the molecule is CS(=O)(=O)O[C@H]1CC[C@]2(CC1)OCc1ccccc12. The first-order valence-corrected chi connectivity index (χ1v) is 8.41. The lowest BCUT2D eigenvalue weighted by atomic mass is 9.78. The van der Waals surface area contributed by atoms with Crippen LogP contribution in [-0.2, 0) is 31.2 Å². The molecule has 1 aromatic carbocycles. The fourth-order valence-corrected chi connectivity index (χ4v) is 3.89. The highest BCUT2D eigenvalue weighted by atomic mass is 32.2. The highest BCUT2D eigenvalue weighted by Crippen LogP contribution is 2.47. The number of fused-ring (bicyclic) bond motifs is 2. The van der Waals surface area contributed by atoms with E-state index < -0.39 is 10.1 Å². The Labute approximate surface area is 113 Å². The van der Waals surface area contributed by atoms with Gasteiger partial charge in [-0.3, -0.25) is 4.18 Å². The molecule has 3 rings (SSSR count). The molecule has 0 saturated heterocycles. The van der Waals surface area contributed by atoms with E-state index in [1.807, 2.05) is 12.1 Å². The van der Waals surface area contributed by atoms with Crippen LogP contribution in [0.4, 0.5) is 0 Å². The minimum Gasteiger partial charge on any atom is -0.366 e. The Hall–Kier alpha value is -0.910. The maximum Gasteiger partial charge on any atom is 0.264 e. The van der Waals surface area contributed by atoms with Gasteiger partial charge in [-0.25, -0.2) is 0 Å². The summed E-state index contributed by atoms with van der Waals surface area (Å²) in [5.74, 6) is 0. The van der Waals surface area contributed by atoms with Crippen molar-refractivity contribution in [2.75, 3.05) is 6.26 Å². The monoisotopic (exact) mass is 282 g/mol. The van der Waals surface area contributed by atoms with Gasteiger partial charge in [-0.05, 0) is 36.8 Å². The number of benzene rings is 1. The van der Waals surface area contributed by atoms with Crippen molar-refractivity contribution in [2.45, 2.75) is 44.0 Å². The molecule has 5 heteroatoms. The second kappa shape index (κ2) is 4.58. The summed E-state index contributed by atoms with van der Waals surface area (Å²) in [6, 6.07) is 8.29. The van der Waals surface area contributed by atoms with Crippen LogP contribution < -0.4 is 0 Å². The van der Waals surface area contributed by atoms with Gasteiger partial charge in [-0.2, -0.15) is 8.42 Å². The Balaban J connectivity index is 1.74. The molecule has 0 N–H and O–H groups in total. The average Bonchev–Trinajstić information content (AvgIpc) is 2.71. The first-order chi connectivity index (χ1) is 8.99. The van der Waals surface area contributed by atoms with Crippen molar-refractivity contribution < 1.29 is 17.3 Å². The standard InChI is InChI=1S/C14H18O4S/c1-19(15,16)18-12-6-8-14(9-7-12)13-5-3-2-4-11(13)10-17-14/h2-5,12H,6-10H2,1H3/t12-,14+. The van der Waals surface area contributed by atoms with E-state index in [0.29, 0.717) is 6.61 Å². The van der Waals surface area contributed by atoms with Gasteiger partial charge < -0.3 is 4.74 Å². The van der Waals surface area contributed by atoms with E-state index >= 15 is 0 Å². The summed E-state index contributed by atoms with van der Waals surface area (Å²) in [6.07, 6.45) is 4.01. The molecule has 19 heavy (non-hydrogen) atoms. The predicted molar refractivity (Wildman–Crippen MR) is 71.1 cm³/mol. The third kappa shape index (κ3) is 2.55. The summed E-state index contributed by atoms with van der Waals surface area (Å²) in [7, 11) is -3.36. The second-order valence-electron chi connectivity index (χ2n) is 5.44. The number of ether oxygens (including phenoxy) is 1. The van der Waals surface area contributed by atoms with Crippen molar-refractivity contribution >= 4 is 10.1 Å². The van der Waals surface area contributed by atoms with Crippen LogP contribution in [0.5, 0.6) is 0 Å². The number of hydrogen-bond donors (Lipinski definition) is 0. The average molecular weight is 282 g/mol. The molecule has 0 atom stereocenters. The van der Waals surface area contributed by atoms with E-state index in [2.05, 4.69) is 12.1 Å². The van der Waals surface area contributed by atoms with Crippen molar-refractivity contribution in [3.05, 3.63) is 35.4 Å². The summed E-state index contributed by atoms with van der Waals surface area (Å²) in [6.45, 7) is 0.660. The summed E-state index contributed by atoms with van der Waals surface area (Å²) < 4.78 is 33.4. The van der Waals surface area contributed by atoms with Gasteiger partial charge in [0.05, 0.1) is 24.6 Å². The lowest BCUT2D eigenvalue weighted by molar-refractivity contribution is -0.0800. The summed E-state index contributed by atoms with van der Waals surface area (Å²) in [5.41, 5.74) is 2.31. The highest BCUT2D eigenvalue weighted by molar-refractivity contribution is 7.86. The van der Waals surface area contributed by atoms with E-state index in [1.165, 1.54) is 11.1 Å². The predicted octanol–water partition coefficient (Wildman–Crippen LogP) is 2.33. The van der Waals surface area contributed by atoms with Crippen LogP contribution >= 0.6 is 0 Å². The fraction of sp³-hybridized carbons (Fsp3) is 0.571. The molecule has 1 saturated carbocycles. The Morgan fingerprint density at radius 1 is 1.26 bits per heavy atom. The Morgan fingerprint density at radius 3 is 2.63 bits per heavy atom. The van der Waals surface area contributed by atoms with E-state index in [9.17, 15) is 8.42 Å². The number of rotatable bonds is 2. The van der Waals surface area contributed by atoms with Crippen LogP contribution in [-0.4, -0.2) is 20.8 Å². The molecule has 0 aromatic heterocycles. The molecule has 1 aliphatic heterocycles. The van der Waals surface area contributed by atoms with Crippen molar-refractivity contribution in [1.82, 2.24) is 0 Å². The van der Waals surface area contributed by atoms with Gasteiger partial charge in [-0.15, -0.1) is 0 Å². The van der Waals surface area contributed by atoms with Gasteiger partial charge in [0.15, 0.2) is 0 Å². The molecule has 0 radical (unpaired) electrons. The van der Waals surface area contributed by atoms with Gasteiger partial charge in [0.1, 0.15) is 0 Å². The van der Waals surface area contributed by atoms with E-state index in [-0.39, 0.29) is 11.7 Å². The van der Waals surface area contributed by atoms with Crippen LogP contribution in [0.15, 0.2) is 24.3 Å². The summed E-state index contributed by atoms with van der Waals surface area (Å²) in [5, 5.41) is 0. The van der Waals surface area contributed by atoms with Crippen LogP contribution in [0, 0.1) is 0 Å². The molecule has 0 unspecified atom stereocenters. The minimum atomic E-state index is -3.36. The van der Waals surface area contributed by atoms with Gasteiger partial charge in [0, 0.05) is 0 Å². The van der Waals surface area contributed by atoms with Crippen LogP contribution in [0.3, 0.4) is 0 Å². The minimum absolute atomic E-state index is 0.197. The summed E-state index contributed by atoms with van der Waals surface area (Å²) in [4.78, 5) is 0. The van der Waals surface area contributed by atoms with E-state index in [4.69, 9.17) is 8.92 Å². The molecular formula is C14H18O4S. The highest BCUT2D eigenvalue weighted by Gasteiger charge is 2.43. The Kier molecular flexibility index (Phi) is 3.15. The Morgan fingerprint density at radius 2 is 1.95 bits per heavy atom. The van der Waals surface area contributed by atoms with Crippen LogP contribution in [0.1, 0.15) is 36.8 Å². The zero-order valence-corrected chi connectivity index (χ0v) is 11.8. The van der Waals surface area contributed by atoms with Gasteiger partial charge in [0.2, 0.25) is 0 Å². The van der Waals surface area contributed by atoms with E-state index in [0.717, 1.165) is 31.9 Å². The lowest BCUT2D eigenvalue weighted by Gasteiger charge is -2.36. The molecule has 1 aliphatic carbocycles. The third-order valence-corrected chi connectivity index (χ3v) is 4.69. The number of hydrogen-bond acceptors (Lipinski definition) is 4. The maximum atomic E-state index is 11.2. The third-order valence-electron chi connectivity index (χ3n) is 4.06. The van der Waals surface area contributed by atoms with Crippen LogP contribution in [0.2, 0.25) is 0 Å². The molecule has 0 amide bonds. The van der Waals surface area contributed by atoms with Gasteiger partial charge in [-0.1, -0.05) is 24.3 Å².